The van der Waals surface area contributed by atoms with Crippen LogP contribution in [0.25, 0.3) is 0 Å². The van der Waals surface area contributed by atoms with Gasteiger partial charge in [-0.1, -0.05) is 36.4 Å². The zero-order chi connectivity index (χ0) is 14.7. The third kappa shape index (κ3) is 2.94. The molecule has 1 aliphatic heterocycles. The number of hydrogen-bond acceptors (Lipinski definition) is 4. The van der Waals surface area contributed by atoms with Crippen molar-refractivity contribution in [1.82, 2.24) is 0 Å². The summed E-state index contributed by atoms with van der Waals surface area (Å²) in [6.07, 6.45) is 0.344. The van der Waals surface area contributed by atoms with Crippen LogP contribution in [0.4, 0.5) is 5.69 Å². The fourth-order valence-electron chi connectivity index (χ4n) is 2.30. The Bertz CT molecular complexity index is 680. The maximum Gasteiger partial charge on any atom is 0.339 e. The molecule has 0 bridgehead atoms. The minimum atomic E-state index is -0.316. The van der Waals surface area contributed by atoms with Crippen molar-refractivity contribution in [2.24, 2.45) is 5.10 Å². The molecule has 1 aliphatic rings. The number of nitrogens with one attached hydrogen (secondary N) is 1. The van der Waals surface area contributed by atoms with E-state index in [1.807, 2.05) is 55.5 Å². The molecule has 0 saturated carbocycles. The van der Waals surface area contributed by atoms with Gasteiger partial charge in [-0.15, -0.1) is 0 Å². The molecule has 0 fully saturated rings. The summed E-state index contributed by atoms with van der Waals surface area (Å²) in [5.41, 5.74) is 6.29. The number of hydrazone groups is 1. The molecular formula is C17H16N2O2. The third-order valence-electron chi connectivity index (χ3n) is 3.49. The van der Waals surface area contributed by atoms with E-state index in [-0.39, 0.29) is 12.1 Å². The predicted molar refractivity (Wildman–Crippen MR) is 82.5 cm³/mol. The van der Waals surface area contributed by atoms with E-state index in [0.717, 1.165) is 17.0 Å². The van der Waals surface area contributed by atoms with E-state index in [2.05, 4.69) is 10.5 Å². The Kier molecular flexibility index (Phi) is 3.69. The topological polar surface area (TPSA) is 50.7 Å². The standard InChI is InChI=1S/C17H16N2O2/c1-12(18-19-14-8-3-2-4-9-14)16-11-13-7-5-6-10-15(13)17(20)21-16/h2-10,16,19H,11H2,1H3/b18-12+/t16-/m0/s1. The summed E-state index contributed by atoms with van der Waals surface area (Å²) in [5, 5.41) is 4.31. The maximum atomic E-state index is 12.0. The molecular weight excluding hydrogens is 264 g/mol. The second-order valence-corrected chi connectivity index (χ2v) is 4.99. The number of cyclic esters (lactones) is 1. The summed E-state index contributed by atoms with van der Waals surface area (Å²) in [6.45, 7) is 1.86. The molecule has 21 heavy (non-hydrogen) atoms. The second-order valence-electron chi connectivity index (χ2n) is 4.99. The average molecular weight is 280 g/mol. The molecule has 2 aromatic rings. The first-order chi connectivity index (χ1) is 10.2. The molecule has 106 valence electrons. The van der Waals surface area contributed by atoms with Crippen LogP contribution in [-0.4, -0.2) is 17.8 Å². The van der Waals surface area contributed by atoms with Crippen LogP contribution in [0.2, 0.25) is 0 Å². The van der Waals surface area contributed by atoms with Crippen molar-refractivity contribution in [3.8, 4) is 0 Å². The molecule has 1 atom stereocenters. The van der Waals surface area contributed by atoms with Crippen LogP contribution in [0, 0.1) is 0 Å². The van der Waals surface area contributed by atoms with Gasteiger partial charge in [-0.3, -0.25) is 5.43 Å². The molecule has 0 unspecified atom stereocenters. The number of fused-ring (bicyclic) bond motifs is 1. The lowest BCUT2D eigenvalue weighted by molar-refractivity contribution is 0.0389. The quantitative estimate of drug-likeness (QED) is 0.533. The molecule has 0 spiro atoms. The average Bonchev–Trinajstić information content (AvgIpc) is 2.53. The van der Waals surface area contributed by atoms with Crippen LogP contribution in [0.1, 0.15) is 22.8 Å². The molecule has 1 N–H and O–H groups in total. The Morgan fingerprint density at radius 1 is 1.14 bits per heavy atom. The highest BCUT2D eigenvalue weighted by atomic mass is 16.5. The number of esters is 1. The van der Waals surface area contributed by atoms with E-state index in [1.54, 1.807) is 6.07 Å². The zero-order valence-electron chi connectivity index (χ0n) is 11.7. The SMILES string of the molecule is C/C(=N\Nc1ccccc1)[C@@H]1Cc2ccccc2C(=O)O1. The highest BCUT2D eigenvalue weighted by Crippen LogP contribution is 2.21. The highest BCUT2D eigenvalue weighted by Gasteiger charge is 2.27. The Labute approximate surface area is 123 Å². The van der Waals surface area contributed by atoms with E-state index in [4.69, 9.17) is 4.74 Å². The third-order valence-corrected chi connectivity index (χ3v) is 3.49. The van der Waals surface area contributed by atoms with Crippen molar-refractivity contribution in [3.05, 3.63) is 65.7 Å². The van der Waals surface area contributed by atoms with Gasteiger partial charge in [-0.25, -0.2) is 4.79 Å². The van der Waals surface area contributed by atoms with Gasteiger partial charge < -0.3 is 4.74 Å². The minimum Gasteiger partial charge on any atom is -0.452 e. The lowest BCUT2D eigenvalue weighted by Gasteiger charge is -2.24. The molecule has 4 nitrogen and oxygen atoms in total. The lowest BCUT2D eigenvalue weighted by Crippen LogP contribution is -2.33. The number of carbonyl (C=O) groups is 1. The van der Waals surface area contributed by atoms with Crippen molar-refractivity contribution in [1.29, 1.82) is 0 Å². The highest BCUT2D eigenvalue weighted by molar-refractivity contribution is 5.97. The van der Waals surface area contributed by atoms with Gasteiger partial charge in [0.25, 0.3) is 0 Å². The van der Waals surface area contributed by atoms with Crippen molar-refractivity contribution >= 4 is 17.4 Å². The molecule has 1 heterocycles. The Morgan fingerprint density at radius 2 is 1.86 bits per heavy atom. The van der Waals surface area contributed by atoms with Gasteiger partial charge in [0.2, 0.25) is 0 Å². The van der Waals surface area contributed by atoms with Gasteiger partial charge in [0.1, 0.15) is 6.10 Å². The Morgan fingerprint density at radius 3 is 2.67 bits per heavy atom. The van der Waals surface area contributed by atoms with Crippen molar-refractivity contribution < 1.29 is 9.53 Å². The number of carbonyl (C=O) groups excluding carboxylic acids is 1. The number of para-hydroxylation sites is 1. The van der Waals surface area contributed by atoms with Gasteiger partial charge in [-0.2, -0.15) is 5.10 Å². The van der Waals surface area contributed by atoms with Gasteiger partial charge in [0, 0.05) is 6.42 Å². The van der Waals surface area contributed by atoms with Crippen LogP contribution in [-0.2, 0) is 11.2 Å². The number of hydrogen-bond donors (Lipinski definition) is 1. The van der Waals surface area contributed by atoms with Gasteiger partial charge in [-0.05, 0) is 30.7 Å². The van der Waals surface area contributed by atoms with Crippen LogP contribution in [0.3, 0.4) is 0 Å². The van der Waals surface area contributed by atoms with Crippen LogP contribution >= 0.6 is 0 Å². The summed E-state index contributed by atoms with van der Waals surface area (Å²) in [5.74, 6) is -0.281. The molecule has 4 heteroatoms. The maximum absolute atomic E-state index is 12.0. The molecule has 0 aliphatic carbocycles. The second kappa shape index (κ2) is 5.79. The molecule has 0 saturated heterocycles. The zero-order valence-corrected chi connectivity index (χ0v) is 11.7. The number of benzene rings is 2. The van der Waals surface area contributed by atoms with Crippen LogP contribution in [0.5, 0.6) is 0 Å². The monoisotopic (exact) mass is 280 g/mol. The normalized spacial score (nSPS) is 17.9. The summed E-state index contributed by atoms with van der Waals surface area (Å²) < 4.78 is 5.45. The smallest absolute Gasteiger partial charge is 0.339 e. The molecule has 0 aromatic heterocycles. The van der Waals surface area contributed by atoms with E-state index in [1.165, 1.54) is 0 Å². The molecule has 0 radical (unpaired) electrons. The van der Waals surface area contributed by atoms with E-state index < -0.39 is 0 Å². The van der Waals surface area contributed by atoms with Crippen LogP contribution in [0.15, 0.2) is 59.7 Å². The van der Waals surface area contributed by atoms with Crippen molar-refractivity contribution in [2.75, 3.05) is 5.43 Å². The van der Waals surface area contributed by atoms with Gasteiger partial charge in [0.15, 0.2) is 0 Å². The Balaban J connectivity index is 1.74. The van der Waals surface area contributed by atoms with Gasteiger partial charge in [0.05, 0.1) is 17.0 Å². The van der Waals surface area contributed by atoms with E-state index in [0.29, 0.717) is 12.0 Å². The van der Waals surface area contributed by atoms with E-state index >= 15 is 0 Å². The fourth-order valence-corrected chi connectivity index (χ4v) is 2.30. The summed E-state index contributed by atoms with van der Waals surface area (Å²) in [7, 11) is 0. The first-order valence-corrected chi connectivity index (χ1v) is 6.88. The molecule has 2 aromatic carbocycles. The predicted octanol–water partition coefficient (Wildman–Crippen LogP) is 3.26. The lowest BCUT2D eigenvalue weighted by atomic mass is 9.97. The number of nitrogens with zero attached hydrogens (tertiary/aromatic N) is 1. The number of rotatable bonds is 3. The summed E-state index contributed by atoms with van der Waals surface area (Å²) in [6, 6.07) is 17.2. The van der Waals surface area contributed by atoms with Crippen molar-refractivity contribution in [3.63, 3.8) is 0 Å². The minimum absolute atomic E-state index is 0.281. The first kappa shape index (κ1) is 13.4. The Hall–Kier alpha value is -2.62. The summed E-state index contributed by atoms with van der Waals surface area (Å²) in [4.78, 5) is 12.0. The van der Waals surface area contributed by atoms with Crippen molar-refractivity contribution in [2.45, 2.75) is 19.4 Å². The fraction of sp³-hybridized carbons (Fsp3) is 0.176. The molecule has 3 rings (SSSR count). The number of anilines is 1. The van der Waals surface area contributed by atoms with Crippen LogP contribution < -0.4 is 5.43 Å². The first-order valence-electron chi connectivity index (χ1n) is 6.88. The number of ether oxygens (including phenoxy) is 1. The van der Waals surface area contributed by atoms with E-state index in [9.17, 15) is 4.79 Å². The van der Waals surface area contributed by atoms with Gasteiger partial charge >= 0.3 is 5.97 Å². The summed E-state index contributed by atoms with van der Waals surface area (Å²) >= 11 is 0. The largest absolute Gasteiger partial charge is 0.452 e. The molecule has 0 amide bonds.